The summed E-state index contributed by atoms with van der Waals surface area (Å²) in [6.07, 6.45) is 1.86. The fourth-order valence-electron chi connectivity index (χ4n) is 0.902. The van der Waals surface area contributed by atoms with Gasteiger partial charge in [0.25, 0.3) is 0 Å². The normalized spacial score (nSPS) is 9.92. The first-order chi connectivity index (χ1) is 5.59. The maximum atomic E-state index is 10.8. The van der Waals surface area contributed by atoms with Crippen LogP contribution in [0.2, 0.25) is 0 Å². The molecule has 0 saturated heterocycles. The van der Waals surface area contributed by atoms with Crippen molar-refractivity contribution in [3.63, 3.8) is 0 Å². The van der Waals surface area contributed by atoms with E-state index < -0.39 is 0 Å². The highest BCUT2D eigenvalue weighted by atomic mass is 16.2. The van der Waals surface area contributed by atoms with Crippen LogP contribution >= 0.6 is 0 Å². The predicted molar refractivity (Wildman–Crippen MR) is 45.4 cm³/mol. The molecule has 0 saturated carbocycles. The maximum absolute atomic E-state index is 10.8. The number of rotatable bonds is 2. The van der Waals surface area contributed by atoms with E-state index >= 15 is 0 Å². The zero-order valence-corrected chi connectivity index (χ0v) is 7.61. The fraction of sp³-hybridized carbons (Fsp3) is 0.500. The van der Waals surface area contributed by atoms with Crippen LogP contribution in [-0.2, 0) is 18.4 Å². The molecule has 0 unspecified atom stereocenters. The van der Waals surface area contributed by atoms with Gasteiger partial charge in [0, 0.05) is 27.2 Å². The van der Waals surface area contributed by atoms with Crippen molar-refractivity contribution >= 4 is 5.91 Å². The van der Waals surface area contributed by atoms with E-state index in [1.807, 2.05) is 19.3 Å². The molecule has 1 aromatic heterocycles. The number of carbonyl (C=O) groups is 1. The van der Waals surface area contributed by atoms with Crippen molar-refractivity contribution in [2.45, 2.75) is 13.5 Å². The van der Waals surface area contributed by atoms with Crippen molar-refractivity contribution in [2.75, 3.05) is 7.05 Å². The highest BCUT2D eigenvalue weighted by molar-refractivity contribution is 5.72. The third-order valence-corrected chi connectivity index (χ3v) is 1.71. The zero-order chi connectivity index (χ0) is 9.14. The number of amides is 1. The van der Waals surface area contributed by atoms with Gasteiger partial charge in [0.2, 0.25) is 5.91 Å². The van der Waals surface area contributed by atoms with E-state index in [2.05, 4.69) is 5.10 Å². The zero-order valence-electron chi connectivity index (χ0n) is 7.61. The Hall–Kier alpha value is -1.32. The van der Waals surface area contributed by atoms with Crippen molar-refractivity contribution in [1.29, 1.82) is 0 Å². The van der Waals surface area contributed by atoms with Crippen LogP contribution in [0.15, 0.2) is 12.3 Å². The summed E-state index contributed by atoms with van der Waals surface area (Å²) >= 11 is 0. The molecule has 4 nitrogen and oxygen atoms in total. The molecular weight excluding hydrogens is 154 g/mol. The molecule has 0 fully saturated rings. The monoisotopic (exact) mass is 167 g/mol. The molecule has 12 heavy (non-hydrogen) atoms. The van der Waals surface area contributed by atoms with Crippen molar-refractivity contribution in [3.05, 3.63) is 18.0 Å². The molecule has 4 heteroatoms. The molecule has 0 atom stereocenters. The minimum atomic E-state index is 0.0562. The highest BCUT2D eigenvalue weighted by Gasteiger charge is 2.04. The molecule has 0 spiro atoms. The van der Waals surface area contributed by atoms with E-state index in [1.54, 1.807) is 23.6 Å². The second-order valence-electron chi connectivity index (χ2n) is 2.86. The van der Waals surface area contributed by atoms with E-state index in [1.165, 1.54) is 0 Å². The van der Waals surface area contributed by atoms with Gasteiger partial charge >= 0.3 is 0 Å². The van der Waals surface area contributed by atoms with E-state index in [0.717, 1.165) is 5.69 Å². The Morgan fingerprint density at radius 3 is 2.83 bits per heavy atom. The molecule has 0 N–H and O–H groups in total. The minimum Gasteiger partial charge on any atom is -0.340 e. The first-order valence-electron chi connectivity index (χ1n) is 3.80. The molecule has 1 rings (SSSR count). The van der Waals surface area contributed by atoms with Crippen molar-refractivity contribution in [2.24, 2.45) is 7.05 Å². The topological polar surface area (TPSA) is 38.1 Å². The minimum absolute atomic E-state index is 0.0562. The van der Waals surface area contributed by atoms with Crippen LogP contribution in [0.4, 0.5) is 0 Å². The smallest absolute Gasteiger partial charge is 0.219 e. The summed E-state index contributed by atoms with van der Waals surface area (Å²) in [7, 11) is 3.62. The van der Waals surface area contributed by atoms with Crippen LogP contribution in [0.5, 0.6) is 0 Å². The lowest BCUT2D eigenvalue weighted by Gasteiger charge is -2.11. The molecule has 66 valence electrons. The van der Waals surface area contributed by atoms with Gasteiger partial charge in [-0.25, -0.2) is 0 Å². The Morgan fingerprint density at radius 2 is 2.42 bits per heavy atom. The molecule has 1 aromatic rings. The third-order valence-electron chi connectivity index (χ3n) is 1.71. The van der Waals surface area contributed by atoms with Crippen molar-refractivity contribution < 1.29 is 4.79 Å². The first-order valence-corrected chi connectivity index (χ1v) is 3.80. The quantitative estimate of drug-likeness (QED) is 0.639. The Morgan fingerprint density at radius 1 is 1.75 bits per heavy atom. The van der Waals surface area contributed by atoms with Gasteiger partial charge in [-0.1, -0.05) is 0 Å². The predicted octanol–water partition coefficient (Wildman–Crippen LogP) is 0.398. The molecule has 0 radical (unpaired) electrons. The number of hydrogen-bond donors (Lipinski definition) is 0. The van der Waals surface area contributed by atoms with E-state index in [-0.39, 0.29) is 5.91 Å². The van der Waals surface area contributed by atoms with Gasteiger partial charge in [0.05, 0.1) is 12.2 Å². The highest BCUT2D eigenvalue weighted by Crippen LogP contribution is 1.98. The molecule has 0 aliphatic heterocycles. The van der Waals surface area contributed by atoms with Gasteiger partial charge in [0.15, 0.2) is 0 Å². The van der Waals surface area contributed by atoms with Crippen LogP contribution in [0.25, 0.3) is 0 Å². The summed E-state index contributed by atoms with van der Waals surface area (Å²) in [6, 6.07) is 1.90. The molecule has 1 heterocycles. The van der Waals surface area contributed by atoms with Gasteiger partial charge in [-0.2, -0.15) is 5.10 Å². The summed E-state index contributed by atoms with van der Waals surface area (Å²) in [6.45, 7) is 2.12. The maximum Gasteiger partial charge on any atom is 0.219 e. The average Bonchev–Trinajstić information content (AvgIpc) is 2.35. The summed E-state index contributed by atoms with van der Waals surface area (Å²) in [5.74, 6) is 0.0562. The molecule has 1 amide bonds. The second-order valence-corrected chi connectivity index (χ2v) is 2.86. The van der Waals surface area contributed by atoms with E-state index in [9.17, 15) is 4.79 Å². The van der Waals surface area contributed by atoms with Gasteiger partial charge in [0.1, 0.15) is 0 Å². The molecule has 0 aromatic carbocycles. The Kier molecular flexibility index (Phi) is 2.47. The molecule has 0 aliphatic rings. The lowest BCUT2D eigenvalue weighted by Crippen LogP contribution is -2.23. The fourth-order valence-corrected chi connectivity index (χ4v) is 0.902. The molecular formula is C8H13N3O. The number of nitrogens with zero attached hydrogens (tertiary/aromatic N) is 3. The summed E-state index contributed by atoms with van der Waals surface area (Å²) in [4.78, 5) is 12.5. The molecule has 0 aliphatic carbocycles. The van der Waals surface area contributed by atoms with Crippen LogP contribution < -0.4 is 0 Å². The van der Waals surface area contributed by atoms with Gasteiger partial charge in [-0.15, -0.1) is 0 Å². The summed E-state index contributed by atoms with van der Waals surface area (Å²) in [5.41, 5.74) is 0.912. The van der Waals surface area contributed by atoms with Gasteiger partial charge in [-0.05, 0) is 6.07 Å². The second kappa shape index (κ2) is 3.38. The van der Waals surface area contributed by atoms with Crippen LogP contribution in [0.1, 0.15) is 12.6 Å². The summed E-state index contributed by atoms with van der Waals surface area (Å²) in [5, 5.41) is 4.16. The van der Waals surface area contributed by atoms with Crippen LogP contribution in [-0.4, -0.2) is 27.6 Å². The van der Waals surface area contributed by atoms with E-state index in [4.69, 9.17) is 0 Å². The van der Waals surface area contributed by atoms with Crippen LogP contribution in [0.3, 0.4) is 0 Å². The van der Waals surface area contributed by atoms with Gasteiger partial charge in [-0.3, -0.25) is 9.48 Å². The Labute approximate surface area is 71.8 Å². The molecule has 0 bridgehead atoms. The lowest BCUT2D eigenvalue weighted by molar-refractivity contribution is -0.128. The number of aryl methyl sites for hydroxylation is 1. The Bertz CT molecular complexity index is 280. The average molecular weight is 167 g/mol. The third kappa shape index (κ3) is 2.08. The van der Waals surface area contributed by atoms with E-state index in [0.29, 0.717) is 6.54 Å². The largest absolute Gasteiger partial charge is 0.340 e. The first kappa shape index (κ1) is 8.77. The summed E-state index contributed by atoms with van der Waals surface area (Å²) < 4.78 is 1.73. The SMILES string of the molecule is CC(=O)N(C)Cc1ccn(C)n1. The van der Waals surface area contributed by atoms with Gasteiger partial charge < -0.3 is 4.90 Å². The van der Waals surface area contributed by atoms with Crippen molar-refractivity contribution in [1.82, 2.24) is 14.7 Å². The standard InChI is InChI=1S/C8H13N3O/c1-7(12)10(2)6-8-4-5-11(3)9-8/h4-5H,6H2,1-3H3. The lowest BCUT2D eigenvalue weighted by atomic mass is 10.4. The van der Waals surface area contributed by atoms with Crippen LogP contribution in [0, 0.1) is 0 Å². The Balaban J connectivity index is 2.58. The number of hydrogen-bond acceptors (Lipinski definition) is 2. The van der Waals surface area contributed by atoms with Crippen molar-refractivity contribution in [3.8, 4) is 0 Å². The number of carbonyl (C=O) groups excluding carboxylic acids is 1. The number of aromatic nitrogens is 2.